The summed E-state index contributed by atoms with van der Waals surface area (Å²) in [6.07, 6.45) is 9.66. The van der Waals surface area contributed by atoms with Crippen molar-refractivity contribution < 1.29 is 5.11 Å². The summed E-state index contributed by atoms with van der Waals surface area (Å²) in [6.45, 7) is 5.79. The van der Waals surface area contributed by atoms with Gasteiger partial charge in [0.2, 0.25) is 0 Å². The summed E-state index contributed by atoms with van der Waals surface area (Å²) in [5.41, 5.74) is 0. The lowest BCUT2D eigenvalue weighted by Gasteiger charge is -2.07. The number of hydrogen-bond acceptors (Lipinski definition) is 1. The molecule has 1 heteroatoms. The molecule has 0 amide bonds. The average Bonchev–Trinajstić information content (AvgIpc) is 2.05. The predicted molar refractivity (Wildman–Crippen MR) is 54.2 cm³/mol. The van der Waals surface area contributed by atoms with E-state index in [1.165, 1.54) is 12.8 Å². The second-order valence-electron chi connectivity index (χ2n) is 3.37. The number of rotatable bonds is 8. The van der Waals surface area contributed by atoms with E-state index in [2.05, 4.69) is 13.5 Å². The number of unbranched alkanes of at least 4 members (excludes halogenated alkanes) is 3. The van der Waals surface area contributed by atoms with Gasteiger partial charge < -0.3 is 5.11 Å². The van der Waals surface area contributed by atoms with E-state index in [-0.39, 0.29) is 6.10 Å². The van der Waals surface area contributed by atoms with Crippen LogP contribution < -0.4 is 0 Å². The van der Waals surface area contributed by atoms with E-state index >= 15 is 0 Å². The topological polar surface area (TPSA) is 20.2 Å². The Hall–Kier alpha value is -0.300. The first-order valence-electron chi connectivity index (χ1n) is 5.10. The van der Waals surface area contributed by atoms with Crippen molar-refractivity contribution in [3.05, 3.63) is 12.7 Å². The van der Waals surface area contributed by atoms with E-state index in [0.717, 1.165) is 32.1 Å². The largest absolute Gasteiger partial charge is 0.393 e. The molecule has 0 aromatic rings. The summed E-state index contributed by atoms with van der Waals surface area (Å²) in [4.78, 5) is 0. The summed E-state index contributed by atoms with van der Waals surface area (Å²) < 4.78 is 0. The molecule has 0 fully saturated rings. The maximum atomic E-state index is 9.39. The molecule has 0 radical (unpaired) electrons. The molecule has 1 unspecified atom stereocenters. The van der Waals surface area contributed by atoms with Gasteiger partial charge in [0.25, 0.3) is 0 Å². The van der Waals surface area contributed by atoms with Crippen LogP contribution in [0.25, 0.3) is 0 Å². The molecule has 0 rings (SSSR count). The van der Waals surface area contributed by atoms with Crippen molar-refractivity contribution in [2.24, 2.45) is 0 Å². The van der Waals surface area contributed by atoms with Gasteiger partial charge in [-0.25, -0.2) is 0 Å². The zero-order valence-electron chi connectivity index (χ0n) is 8.26. The van der Waals surface area contributed by atoms with Gasteiger partial charge in [-0.05, 0) is 25.7 Å². The minimum absolute atomic E-state index is 0.0567. The number of aliphatic hydroxyl groups is 1. The first kappa shape index (κ1) is 11.7. The van der Waals surface area contributed by atoms with Crippen LogP contribution in [0.3, 0.4) is 0 Å². The monoisotopic (exact) mass is 170 g/mol. The quantitative estimate of drug-likeness (QED) is 0.438. The van der Waals surface area contributed by atoms with Crippen molar-refractivity contribution >= 4 is 0 Å². The molecule has 72 valence electrons. The minimum Gasteiger partial charge on any atom is -0.393 e. The summed E-state index contributed by atoms with van der Waals surface area (Å²) in [6, 6.07) is 0. The third-order valence-corrected chi connectivity index (χ3v) is 2.07. The molecule has 1 nitrogen and oxygen atoms in total. The highest BCUT2D eigenvalue weighted by atomic mass is 16.3. The Morgan fingerprint density at radius 3 is 2.58 bits per heavy atom. The van der Waals surface area contributed by atoms with Crippen molar-refractivity contribution in [2.45, 2.75) is 58.0 Å². The Morgan fingerprint density at radius 1 is 1.25 bits per heavy atom. The Kier molecular flexibility index (Phi) is 8.57. The third kappa shape index (κ3) is 7.80. The zero-order chi connectivity index (χ0) is 9.23. The standard InChI is InChI=1S/C11H22O/c1-3-5-6-7-8-10-11(12)9-4-2/h3,11-12H,1,4-10H2,2H3. The van der Waals surface area contributed by atoms with Gasteiger partial charge >= 0.3 is 0 Å². The van der Waals surface area contributed by atoms with Crippen LogP contribution in [0, 0.1) is 0 Å². The first-order chi connectivity index (χ1) is 5.81. The molecule has 1 N–H and O–H groups in total. The summed E-state index contributed by atoms with van der Waals surface area (Å²) in [5.74, 6) is 0. The van der Waals surface area contributed by atoms with Crippen molar-refractivity contribution in [1.29, 1.82) is 0 Å². The highest BCUT2D eigenvalue weighted by Crippen LogP contribution is 2.09. The van der Waals surface area contributed by atoms with Crippen LogP contribution in [-0.2, 0) is 0 Å². The summed E-state index contributed by atoms with van der Waals surface area (Å²) >= 11 is 0. The van der Waals surface area contributed by atoms with Crippen LogP contribution in [0.15, 0.2) is 12.7 Å². The smallest absolute Gasteiger partial charge is 0.0540 e. The van der Waals surface area contributed by atoms with E-state index in [9.17, 15) is 5.11 Å². The highest BCUT2D eigenvalue weighted by Gasteiger charge is 2.00. The van der Waals surface area contributed by atoms with Crippen LogP contribution in [0.2, 0.25) is 0 Å². The van der Waals surface area contributed by atoms with Crippen LogP contribution in [0.1, 0.15) is 51.9 Å². The summed E-state index contributed by atoms with van der Waals surface area (Å²) in [7, 11) is 0. The third-order valence-electron chi connectivity index (χ3n) is 2.07. The molecule has 0 saturated heterocycles. The van der Waals surface area contributed by atoms with Crippen molar-refractivity contribution in [2.75, 3.05) is 0 Å². The number of allylic oxidation sites excluding steroid dienone is 1. The molecular formula is C11H22O. The van der Waals surface area contributed by atoms with Crippen LogP contribution in [0.4, 0.5) is 0 Å². The Balaban J connectivity index is 3.02. The second kappa shape index (κ2) is 8.79. The SMILES string of the molecule is C=CCCCCCC(O)CCC. The Morgan fingerprint density at radius 2 is 2.00 bits per heavy atom. The van der Waals surface area contributed by atoms with Crippen molar-refractivity contribution in [3.63, 3.8) is 0 Å². The van der Waals surface area contributed by atoms with Gasteiger partial charge in [0.15, 0.2) is 0 Å². The van der Waals surface area contributed by atoms with Gasteiger partial charge in [0.1, 0.15) is 0 Å². The van der Waals surface area contributed by atoms with E-state index in [0.29, 0.717) is 0 Å². The molecule has 0 spiro atoms. The molecule has 12 heavy (non-hydrogen) atoms. The second-order valence-corrected chi connectivity index (χ2v) is 3.37. The Labute approximate surface area is 76.5 Å². The van der Waals surface area contributed by atoms with Gasteiger partial charge in [0.05, 0.1) is 6.10 Å². The lowest BCUT2D eigenvalue weighted by molar-refractivity contribution is 0.150. The zero-order valence-corrected chi connectivity index (χ0v) is 8.26. The van der Waals surface area contributed by atoms with Crippen molar-refractivity contribution in [1.82, 2.24) is 0 Å². The van der Waals surface area contributed by atoms with Gasteiger partial charge in [-0.1, -0.05) is 32.3 Å². The van der Waals surface area contributed by atoms with Gasteiger partial charge in [-0.2, -0.15) is 0 Å². The van der Waals surface area contributed by atoms with Gasteiger partial charge in [0, 0.05) is 0 Å². The molecule has 0 aliphatic carbocycles. The fourth-order valence-electron chi connectivity index (χ4n) is 1.32. The van der Waals surface area contributed by atoms with E-state index in [1.54, 1.807) is 0 Å². The molecule has 0 saturated carbocycles. The fourth-order valence-corrected chi connectivity index (χ4v) is 1.32. The molecule has 0 aromatic heterocycles. The lowest BCUT2D eigenvalue weighted by Crippen LogP contribution is -2.04. The minimum atomic E-state index is -0.0567. The molecule has 1 atom stereocenters. The fraction of sp³-hybridized carbons (Fsp3) is 0.818. The maximum Gasteiger partial charge on any atom is 0.0540 e. The van der Waals surface area contributed by atoms with Crippen molar-refractivity contribution in [3.8, 4) is 0 Å². The molecule has 0 aliphatic heterocycles. The molecule has 0 aliphatic rings. The predicted octanol–water partition coefficient (Wildman–Crippen LogP) is 3.28. The maximum absolute atomic E-state index is 9.39. The van der Waals surface area contributed by atoms with Crippen LogP contribution >= 0.6 is 0 Å². The van der Waals surface area contributed by atoms with Crippen LogP contribution in [0.5, 0.6) is 0 Å². The Bertz CT molecular complexity index is 99.2. The van der Waals surface area contributed by atoms with Gasteiger partial charge in [-0.15, -0.1) is 6.58 Å². The van der Waals surface area contributed by atoms with E-state index in [1.807, 2.05) is 6.08 Å². The highest BCUT2D eigenvalue weighted by molar-refractivity contribution is 4.65. The molecular weight excluding hydrogens is 148 g/mol. The van der Waals surface area contributed by atoms with E-state index in [4.69, 9.17) is 0 Å². The number of aliphatic hydroxyl groups excluding tert-OH is 1. The molecule has 0 heterocycles. The number of hydrogen-bond donors (Lipinski definition) is 1. The summed E-state index contributed by atoms with van der Waals surface area (Å²) in [5, 5.41) is 9.39. The lowest BCUT2D eigenvalue weighted by atomic mass is 10.1. The van der Waals surface area contributed by atoms with Gasteiger partial charge in [-0.3, -0.25) is 0 Å². The normalized spacial score (nSPS) is 12.8. The molecule has 0 bridgehead atoms. The molecule has 0 aromatic carbocycles. The average molecular weight is 170 g/mol. The van der Waals surface area contributed by atoms with E-state index < -0.39 is 0 Å². The first-order valence-corrected chi connectivity index (χ1v) is 5.10. The van der Waals surface area contributed by atoms with Crippen LogP contribution in [-0.4, -0.2) is 11.2 Å².